The largest absolute Gasteiger partial charge is 0.465 e. The molecule has 1 radical (unpaired) electrons. The molecule has 14 heavy (non-hydrogen) atoms. The highest BCUT2D eigenvalue weighted by atomic mass is 16.5. The van der Waals surface area contributed by atoms with Gasteiger partial charge in [0.25, 0.3) is 0 Å². The predicted octanol–water partition coefficient (Wildman–Crippen LogP) is 0.630. The summed E-state index contributed by atoms with van der Waals surface area (Å²) < 4.78 is 4.59. The smallest absolute Gasteiger partial charge is 0.338 e. The van der Waals surface area contributed by atoms with E-state index < -0.39 is 5.97 Å². The van der Waals surface area contributed by atoms with E-state index in [9.17, 15) is 9.59 Å². The molecule has 0 fully saturated rings. The van der Waals surface area contributed by atoms with Crippen molar-refractivity contribution in [1.29, 1.82) is 0 Å². The number of rotatable bonds is 4. The molecule has 4 heteroatoms. The third-order valence-corrected chi connectivity index (χ3v) is 1.77. The molecule has 1 N–H and O–H groups in total. The van der Waals surface area contributed by atoms with Crippen LogP contribution in [0.15, 0.2) is 24.3 Å². The quantitative estimate of drug-likeness (QED) is 0.562. The van der Waals surface area contributed by atoms with Gasteiger partial charge in [-0.3, -0.25) is 4.79 Å². The first-order chi connectivity index (χ1) is 6.79. The van der Waals surface area contributed by atoms with E-state index >= 15 is 0 Å². The second kappa shape index (κ2) is 5.01. The van der Waals surface area contributed by atoms with Crippen molar-refractivity contribution in [2.45, 2.75) is 6.54 Å². The molecule has 4 nitrogen and oxygen atoms in total. The molecule has 1 rings (SSSR count). The molecular formula is C10H10NO3. The summed E-state index contributed by atoms with van der Waals surface area (Å²) in [5.41, 5.74) is 1.17. The lowest BCUT2D eigenvalue weighted by atomic mass is 10.1. The van der Waals surface area contributed by atoms with Crippen molar-refractivity contribution in [3.63, 3.8) is 0 Å². The minimum absolute atomic E-state index is 0.273. The molecule has 0 aliphatic heterocycles. The molecule has 0 aromatic heterocycles. The Morgan fingerprint density at radius 3 is 2.86 bits per heavy atom. The second-order valence-corrected chi connectivity index (χ2v) is 2.60. The third-order valence-electron chi connectivity index (χ3n) is 1.77. The van der Waals surface area contributed by atoms with Gasteiger partial charge < -0.3 is 10.1 Å². The summed E-state index contributed by atoms with van der Waals surface area (Å²) in [5.74, 6) is -0.409. The van der Waals surface area contributed by atoms with Crippen LogP contribution in [0, 0.1) is 0 Å². The van der Waals surface area contributed by atoms with Crippen LogP contribution in [0.4, 0.5) is 0 Å². The minimum atomic E-state index is -0.409. The maximum absolute atomic E-state index is 11.2. The van der Waals surface area contributed by atoms with Crippen LogP contribution >= 0.6 is 0 Å². The lowest BCUT2D eigenvalue weighted by Crippen LogP contribution is -2.14. The first-order valence-electron chi connectivity index (χ1n) is 4.06. The number of methoxy groups -OCH3 is 1. The predicted molar refractivity (Wildman–Crippen MR) is 50.3 cm³/mol. The monoisotopic (exact) mass is 192 g/mol. The number of esters is 1. The van der Waals surface area contributed by atoms with Crippen molar-refractivity contribution in [2.75, 3.05) is 7.11 Å². The average Bonchev–Trinajstić information content (AvgIpc) is 2.25. The summed E-state index contributed by atoms with van der Waals surface area (Å²) in [7, 11) is 1.32. The molecule has 0 saturated carbocycles. The van der Waals surface area contributed by atoms with Gasteiger partial charge in [0.05, 0.1) is 12.7 Å². The molecule has 1 aromatic carbocycles. The number of hydrogen-bond acceptors (Lipinski definition) is 3. The molecular weight excluding hydrogens is 182 g/mol. The molecule has 0 aliphatic carbocycles. The maximum Gasteiger partial charge on any atom is 0.338 e. The van der Waals surface area contributed by atoms with Gasteiger partial charge in [0.1, 0.15) is 0 Å². The number of hydrogen-bond donors (Lipinski definition) is 1. The summed E-state index contributed by atoms with van der Waals surface area (Å²) in [6.07, 6.45) is 1.55. The van der Waals surface area contributed by atoms with E-state index in [2.05, 4.69) is 10.1 Å². The number of benzene rings is 1. The molecule has 73 valence electrons. The zero-order chi connectivity index (χ0) is 10.4. The maximum atomic E-state index is 11.2. The summed E-state index contributed by atoms with van der Waals surface area (Å²) in [6, 6.07) is 6.92. The summed E-state index contributed by atoms with van der Waals surface area (Å²) in [4.78, 5) is 21.2. The van der Waals surface area contributed by atoms with E-state index in [0.717, 1.165) is 0 Å². The molecule has 0 unspecified atom stereocenters. The van der Waals surface area contributed by atoms with Gasteiger partial charge in [-0.1, -0.05) is 18.2 Å². The number of carbonyl (C=O) groups is 1. The summed E-state index contributed by atoms with van der Waals surface area (Å²) in [6.45, 7) is 0.273. The zero-order valence-corrected chi connectivity index (χ0v) is 7.74. The zero-order valence-electron chi connectivity index (χ0n) is 7.74. The number of ether oxygens (including phenoxy) is 1. The number of carbonyl (C=O) groups excluding carboxylic acids is 2. The van der Waals surface area contributed by atoms with Crippen molar-refractivity contribution >= 4 is 12.4 Å². The second-order valence-electron chi connectivity index (χ2n) is 2.60. The van der Waals surface area contributed by atoms with E-state index in [1.165, 1.54) is 7.11 Å². The Hall–Kier alpha value is -1.84. The number of nitrogens with one attached hydrogen (secondary N) is 1. The van der Waals surface area contributed by atoms with Crippen molar-refractivity contribution in [3.05, 3.63) is 35.4 Å². The van der Waals surface area contributed by atoms with E-state index in [1.807, 2.05) is 0 Å². The molecule has 0 heterocycles. The molecule has 1 amide bonds. The molecule has 0 atom stereocenters. The Balaban J connectivity index is 2.90. The molecule has 1 aromatic rings. The van der Waals surface area contributed by atoms with E-state index in [4.69, 9.17) is 0 Å². The van der Waals surface area contributed by atoms with Crippen molar-refractivity contribution in [3.8, 4) is 0 Å². The minimum Gasteiger partial charge on any atom is -0.465 e. The topological polar surface area (TPSA) is 55.4 Å². The van der Waals surface area contributed by atoms with Crippen LogP contribution in [0.2, 0.25) is 0 Å². The molecule has 0 saturated heterocycles. The van der Waals surface area contributed by atoms with Crippen LogP contribution in [0.3, 0.4) is 0 Å². The SMILES string of the molecule is COC(=O)c1ccccc1CN[C]=O. The standard InChI is InChI=1S/C10H10NO3/c1-14-10(13)9-5-3-2-4-8(9)6-11-7-12/h2-5H,6H2,1H3,(H,11,12). The Kier molecular flexibility index (Phi) is 3.67. The van der Waals surface area contributed by atoms with Crippen LogP contribution in [0.5, 0.6) is 0 Å². The average molecular weight is 192 g/mol. The van der Waals surface area contributed by atoms with Crippen LogP contribution in [-0.2, 0) is 16.1 Å². The van der Waals surface area contributed by atoms with E-state index in [1.54, 1.807) is 30.7 Å². The lowest BCUT2D eigenvalue weighted by molar-refractivity contribution is 0.0599. The fraction of sp³-hybridized carbons (Fsp3) is 0.200. The molecule has 0 bridgehead atoms. The van der Waals surface area contributed by atoms with Gasteiger partial charge in [-0.15, -0.1) is 0 Å². The van der Waals surface area contributed by atoms with Crippen molar-refractivity contribution in [2.24, 2.45) is 0 Å². The number of amides is 1. The van der Waals surface area contributed by atoms with E-state index in [-0.39, 0.29) is 6.54 Å². The van der Waals surface area contributed by atoms with Gasteiger partial charge in [0.15, 0.2) is 0 Å². The summed E-state index contributed by atoms with van der Waals surface area (Å²) >= 11 is 0. The highest BCUT2D eigenvalue weighted by Crippen LogP contribution is 2.09. The van der Waals surface area contributed by atoms with Gasteiger partial charge in [-0.25, -0.2) is 4.79 Å². The Morgan fingerprint density at radius 1 is 1.50 bits per heavy atom. The van der Waals surface area contributed by atoms with Gasteiger partial charge >= 0.3 is 12.4 Å². The van der Waals surface area contributed by atoms with Gasteiger partial charge in [0.2, 0.25) is 0 Å². The van der Waals surface area contributed by atoms with E-state index in [0.29, 0.717) is 11.1 Å². The molecule has 0 aliphatic rings. The normalized spacial score (nSPS) is 9.21. The Morgan fingerprint density at radius 2 is 2.21 bits per heavy atom. The molecule has 0 spiro atoms. The van der Waals surface area contributed by atoms with Crippen molar-refractivity contribution in [1.82, 2.24) is 5.32 Å². The van der Waals surface area contributed by atoms with Crippen molar-refractivity contribution < 1.29 is 14.3 Å². The van der Waals surface area contributed by atoms with Gasteiger partial charge in [-0.2, -0.15) is 0 Å². The van der Waals surface area contributed by atoms with Crippen LogP contribution < -0.4 is 5.32 Å². The Labute approximate surface area is 81.9 Å². The highest BCUT2D eigenvalue weighted by Gasteiger charge is 2.09. The third kappa shape index (κ3) is 2.32. The first-order valence-corrected chi connectivity index (χ1v) is 4.06. The van der Waals surface area contributed by atoms with Crippen LogP contribution in [0.25, 0.3) is 0 Å². The van der Waals surface area contributed by atoms with Crippen LogP contribution in [-0.4, -0.2) is 19.5 Å². The Bertz CT molecular complexity index is 336. The fourth-order valence-electron chi connectivity index (χ4n) is 1.11. The van der Waals surface area contributed by atoms with Gasteiger partial charge in [-0.05, 0) is 11.6 Å². The summed E-state index contributed by atoms with van der Waals surface area (Å²) in [5, 5.41) is 2.37. The lowest BCUT2D eigenvalue weighted by Gasteiger charge is -2.05. The highest BCUT2D eigenvalue weighted by molar-refractivity contribution is 5.91. The fourth-order valence-corrected chi connectivity index (χ4v) is 1.11. The van der Waals surface area contributed by atoms with Gasteiger partial charge in [0, 0.05) is 6.54 Å². The first kappa shape index (κ1) is 10.2. The van der Waals surface area contributed by atoms with Crippen LogP contribution in [0.1, 0.15) is 15.9 Å².